The van der Waals surface area contributed by atoms with Crippen molar-refractivity contribution < 1.29 is 9.59 Å². The number of carbonyl (C=O) groups excluding carboxylic acids is 2. The van der Waals surface area contributed by atoms with E-state index in [9.17, 15) is 9.59 Å². The summed E-state index contributed by atoms with van der Waals surface area (Å²) in [6.07, 6.45) is 10.2. The predicted molar refractivity (Wildman–Crippen MR) is 128 cm³/mol. The number of likely N-dealkylation sites (tertiary alicyclic amines) is 1. The van der Waals surface area contributed by atoms with Gasteiger partial charge in [0.1, 0.15) is 5.82 Å². The Balaban J connectivity index is 1.99. The molecule has 6 heteroatoms. The van der Waals surface area contributed by atoms with Crippen LogP contribution in [0.4, 0.5) is 0 Å². The molecule has 1 amide bonds. The van der Waals surface area contributed by atoms with E-state index in [0.717, 1.165) is 62.2 Å². The van der Waals surface area contributed by atoms with E-state index in [-0.39, 0.29) is 23.1 Å². The molecule has 0 radical (unpaired) electrons. The molecule has 0 saturated carbocycles. The standard InChI is InChI=1S/C25H35N3O2S/c1-5-6-7-11-23(29)28-17-21(20-14-12-18(2)13-15-20)26-24(28)22-10-8-9-16-27(22)25(30)19(3)31-4/h12-15,17,19,22H,5-11,16H2,1-4H3. The van der Waals surface area contributed by atoms with Crippen molar-refractivity contribution in [2.24, 2.45) is 0 Å². The molecule has 1 saturated heterocycles. The number of benzene rings is 1. The monoisotopic (exact) mass is 441 g/mol. The number of unbranched alkanes of at least 4 members (excludes halogenated alkanes) is 2. The van der Waals surface area contributed by atoms with Gasteiger partial charge in [-0.1, -0.05) is 49.6 Å². The van der Waals surface area contributed by atoms with Crippen LogP contribution in [0.15, 0.2) is 30.5 Å². The maximum atomic E-state index is 13.2. The van der Waals surface area contributed by atoms with Gasteiger partial charge in [-0.15, -0.1) is 0 Å². The Labute approximate surface area is 190 Å². The van der Waals surface area contributed by atoms with Crippen LogP contribution in [0, 0.1) is 6.92 Å². The van der Waals surface area contributed by atoms with Gasteiger partial charge >= 0.3 is 0 Å². The molecule has 0 bridgehead atoms. The molecule has 2 heterocycles. The van der Waals surface area contributed by atoms with E-state index in [1.807, 2.05) is 36.4 Å². The van der Waals surface area contributed by atoms with E-state index in [4.69, 9.17) is 4.98 Å². The summed E-state index contributed by atoms with van der Waals surface area (Å²) in [6, 6.07) is 8.08. The number of hydrogen-bond acceptors (Lipinski definition) is 4. The van der Waals surface area contributed by atoms with Crippen LogP contribution in [0.2, 0.25) is 0 Å². The third kappa shape index (κ3) is 5.59. The number of amides is 1. The fourth-order valence-corrected chi connectivity index (χ4v) is 4.47. The Morgan fingerprint density at radius 3 is 2.61 bits per heavy atom. The molecule has 2 aromatic rings. The maximum absolute atomic E-state index is 13.2. The van der Waals surface area contributed by atoms with Crippen molar-refractivity contribution in [1.29, 1.82) is 0 Å². The summed E-state index contributed by atoms with van der Waals surface area (Å²) in [7, 11) is 0. The highest BCUT2D eigenvalue weighted by Gasteiger charge is 2.34. The highest BCUT2D eigenvalue weighted by molar-refractivity contribution is 7.99. The second-order valence-electron chi connectivity index (χ2n) is 8.49. The largest absolute Gasteiger partial charge is 0.332 e. The summed E-state index contributed by atoms with van der Waals surface area (Å²) in [6.45, 7) is 6.88. The number of aryl methyl sites for hydroxylation is 1. The minimum absolute atomic E-state index is 0.0743. The Morgan fingerprint density at radius 1 is 1.19 bits per heavy atom. The normalized spacial score (nSPS) is 17.5. The number of imidazole rings is 1. The molecule has 1 aliphatic heterocycles. The molecule has 0 aliphatic carbocycles. The molecule has 1 aliphatic rings. The van der Waals surface area contributed by atoms with E-state index >= 15 is 0 Å². The number of nitrogens with zero attached hydrogens (tertiary/aromatic N) is 3. The van der Waals surface area contributed by atoms with Crippen LogP contribution >= 0.6 is 11.8 Å². The van der Waals surface area contributed by atoms with Crippen LogP contribution in [0.3, 0.4) is 0 Å². The first-order valence-electron chi connectivity index (χ1n) is 11.5. The van der Waals surface area contributed by atoms with Gasteiger partial charge < -0.3 is 4.90 Å². The lowest BCUT2D eigenvalue weighted by Gasteiger charge is -2.36. The number of rotatable bonds is 8. The topological polar surface area (TPSA) is 55.2 Å². The van der Waals surface area contributed by atoms with E-state index in [0.29, 0.717) is 6.42 Å². The minimum Gasteiger partial charge on any atom is -0.332 e. The fraction of sp³-hybridized carbons (Fsp3) is 0.560. The molecule has 168 valence electrons. The number of aromatic nitrogens is 2. The van der Waals surface area contributed by atoms with Gasteiger partial charge in [0.05, 0.1) is 17.0 Å². The van der Waals surface area contributed by atoms with Crippen molar-refractivity contribution in [3.8, 4) is 11.3 Å². The first-order chi connectivity index (χ1) is 15.0. The molecule has 5 nitrogen and oxygen atoms in total. The van der Waals surface area contributed by atoms with E-state index in [1.54, 1.807) is 16.3 Å². The Morgan fingerprint density at radius 2 is 1.94 bits per heavy atom. The Bertz CT molecular complexity index is 891. The zero-order valence-corrected chi connectivity index (χ0v) is 20.1. The molecule has 1 aromatic heterocycles. The first-order valence-corrected chi connectivity index (χ1v) is 12.8. The van der Waals surface area contributed by atoms with Gasteiger partial charge in [-0.3, -0.25) is 14.2 Å². The molecular formula is C25H35N3O2S. The van der Waals surface area contributed by atoms with Crippen LogP contribution in [-0.2, 0) is 4.79 Å². The molecule has 2 atom stereocenters. The van der Waals surface area contributed by atoms with Crippen molar-refractivity contribution in [2.75, 3.05) is 12.8 Å². The van der Waals surface area contributed by atoms with Gasteiger partial charge in [0.25, 0.3) is 0 Å². The zero-order valence-electron chi connectivity index (χ0n) is 19.3. The zero-order chi connectivity index (χ0) is 22.4. The summed E-state index contributed by atoms with van der Waals surface area (Å²) in [5, 5.41) is -0.0964. The van der Waals surface area contributed by atoms with Crippen molar-refractivity contribution in [3.05, 3.63) is 41.9 Å². The molecule has 3 rings (SSSR count). The number of piperidine rings is 1. The number of thioether (sulfide) groups is 1. The van der Waals surface area contributed by atoms with E-state index in [1.165, 1.54) is 5.56 Å². The highest BCUT2D eigenvalue weighted by Crippen LogP contribution is 2.34. The Kier molecular flexibility index (Phi) is 8.35. The molecule has 0 N–H and O–H groups in total. The lowest BCUT2D eigenvalue weighted by Crippen LogP contribution is -2.43. The van der Waals surface area contributed by atoms with Gasteiger partial charge in [-0.25, -0.2) is 4.98 Å². The van der Waals surface area contributed by atoms with Crippen molar-refractivity contribution in [3.63, 3.8) is 0 Å². The summed E-state index contributed by atoms with van der Waals surface area (Å²) < 4.78 is 1.74. The summed E-state index contributed by atoms with van der Waals surface area (Å²) in [5.41, 5.74) is 2.99. The smallest absolute Gasteiger partial charge is 0.236 e. The van der Waals surface area contributed by atoms with Crippen LogP contribution in [0.1, 0.15) is 81.0 Å². The summed E-state index contributed by atoms with van der Waals surface area (Å²) in [5.74, 6) is 0.936. The predicted octanol–water partition coefficient (Wildman–Crippen LogP) is 5.88. The fourth-order valence-electron chi connectivity index (χ4n) is 4.14. The van der Waals surface area contributed by atoms with Gasteiger partial charge in [0, 0.05) is 24.7 Å². The molecular weight excluding hydrogens is 406 g/mol. The van der Waals surface area contributed by atoms with Crippen molar-refractivity contribution in [2.45, 2.75) is 77.0 Å². The van der Waals surface area contributed by atoms with Gasteiger partial charge in [0.2, 0.25) is 11.8 Å². The lowest BCUT2D eigenvalue weighted by atomic mass is 10.0. The molecule has 1 fully saturated rings. The Hall–Kier alpha value is -2.08. The summed E-state index contributed by atoms with van der Waals surface area (Å²) in [4.78, 5) is 33.2. The molecule has 31 heavy (non-hydrogen) atoms. The van der Waals surface area contributed by atoms with Gasteiger partial charge in [-0.05, 0) is 45.8 Å². The third-order valence-corrected chi connectivity index (χ3v) is 7.04. The highest BCUT2D eigenvalue weighted by atomic mass is 32.2. The van der Waals surface area contributed by atoms with E-state index in [2.05, 4.69) is 26.0 Å². The average Bonchev–Trinajstić information content (AvgIpc) is 3.24. The van der Waals surface area contributed by atoms with Gasteiger partial charge in [-0.2, -0.15) is 11.8 Å². The SMILES string of the molecule is CCCCCC(=O)n1cc(-c2ccc(C)cc2)nc1C1CCCCN1C(=O)C(C)SC. The average molecular weight is 442 g/mol. The van der Waals surface area contributed by atoms with Crippen LogP contribution in [0.5, 0.6) is 0 Å². The molecule has 2 unspecified atom stereocenters. The van der Waals surface area contributed by atoms with Gasteiger partial charge in [0.15, 0.2) is 0 Å². The quantitative estimate of drug-likeness (QED) is 0.480. The summed E-state index contributed by atoms with van der Waals surface area (Å²) >= 11 is 1.57. The second-order valence-corrected chi connectivity index (χ2v) is 9.67. The molecule has 0 spiro atoms. The van der Waals surface area contributed by atoms with E-state index < -0.39 is 0 Å². The third-order valence-electron chi connectivity index (χ3n) is 6.13. The van der Waals surface area contributed by atoms with Crippen molar-refractivity contribution in [1.82, 2.24) is 14.5 Å². The number of hydrogen-bond donors (Lipinski definition) is 0. The van der Waals surface area contributed by atoms with Crippen LogP contribution in [0.25, 0.3) is 11.3 Å². The molecule has 1 aromatic carbocycles. The van der Waals surface area contributed by atoms with Crippen molar-refractivity contribution >= 4 is 23.6 Å². The minimum atomic E-state index is -0.148. The first kappa shape index (κ1) is 23.6. The van der Waals surface area contributed by atoms with Crippen LogP contribution in [-0.4, -0.2) is 44.3 Å². The van der Waals surface area contributed by atoms with Crippen LogP contribution < -0.4 is 0 Å². The second kappa shape index (κ2) is 11.0. The maximum Gasteiger partial charge on any atom is 0.236 e. The number of carbonyl (C=O) groups is 2. The lowest BCUT2D eigenvalue weighted by molar-refractivity contribution is -0.134.